The van der Waals surface area contributed by atoms with Gasteiger partial charge in [-0.15, -0.1) is 5.10 Å². The highest BCUT2D eigenvalue weighted by Crippen LogP contribution is 2.28. The fourth-order valence-corrected chi connectivity index (χ4v) is 2.46. The van der Waals surface area contributed by atoms with E-state index in [4.69, 9.17) is 0 Å². The van der Waals surface area contributed by atoms with Crippen LogP contribution in [0.3, 0.4) is 0 Å². The van der Waals surface area contributed by atoms with Crippen LogP contribution in [0.25, 0.3) is 0 Å². The smallest absolute Gasteiger partial charge is 0.266 e. The van der Waals surface area contributed by atoms with Crippen LogP contribution in [0.2, 0.25) is 0 Å². The maximum absolute atomic E-state index is 12.5. The Bertz CT molecular complexity index is 838. The molecular weight excluding hydrogens is 341 g/mol. The molecule has 0 saturated carbocycles. The number of rotatable bonds is 4. The van der Waals surface area contributed by atoms with Gasteiger partial charge in [0.25, 0.3) is 15.9 Å². The van der Waals surface area contributed by atoms with E-state index >= 15 is 0 Å². The van der Waals surface area contributed by atoms with Crippen LogP contribution in [0.1, 0.15) is 23.1 Å². The third-order valence-corrected chi connectivity index (χ3v) is 3.94. The molecule has 1 N–H and O–H groups in total. The summed E-state index contributed by atoms with van der Waals surface area (Å²) in [5.41, 5.74) is -1.87. The van der Waals surface area contributed by atoms with Crippen molar-refractivity contribution in [3.05, 3.63) is 23.7 Å². The third-order valence-electron chi connectivity index (χ3n) is 2.75. The van der Waals surface area contributed by atoms with Crippen LogP contribution in [0.5, 0.6) is 0 Å². The molecule has 1 amide bonds. The molecule has 2 heterocycles. The van der Waals surface area contributed by atoms with E-state index in [9.17, 15) is 26.4 Å². The Labute approximate surface area is 128 Å². The highest BCUT2D eigenvalue weighted by atomic mass is 32.2. The predicted octanol–water partition coefficient (Wildman–Crippen LogP) is 0.169. The van der Waals surface area contributed by atoms with Crippen molar-refractivity contribution in [1.29, 1.82) is 0 Å². The highest BCUT2D eigenvalue weighted by Gasteiger charge is 2.36. The van der Waals surface area contributed by atoms with E-state index < -0.39 is 38.5 Å². The molecule has 0 radical (unpaired) electrons. The van der Waals surface area contributed by atoms with Crippen molar-refractivity contribution < 1.29 is 26.4 Å². The van der Waals surface area contributed by atoms with Crippen molar-refractivity contribution in [1.82, 2.24) is 29.5 Å². The maximum Gasteiger partial charge on any atom is 0.435 e. The van der Waals surface area contributed by atoms with Gasteiger partial charge < -0.3 is 0 Å². The molecule has 0 aliphatic carbocycles. The first-order valence-corrected chi connectivity index (χ1v) is 7.61. The van der Waals surface area contributed by atoms with Crippen LogP contribution in [-0.2, 0) is 29.8 Å². The Hall–Kier alpha value is -2.44. The van der Waals surface area contributed by atoms with Crippen LogP contribution >= 0.6 is 0 Å². The Morgan fingerprint density at radius 2 is 2.04 bits per heavy atom. The van der Waals surface area contributed by atoms with E-state index in [1.807, 2.05) is 0 Å². The number of hydrogen-bond acceptors (Lipinski definition) is 6. The zero-order valence-corrected chi connectivity index (χ0v) is 12.7. The Kier molecular flexibility index (Phi) is 4.15. The van der Waals surface area contributed by atoms with E-state index in [0.717, 1.165) is 13.2 Å². The van der Waals surface area contributed by atoms with Crippen molar-refractivity contribution >= 4 is 15.9 Å². The zero-order valence-electron chi connectivity index (χ0n) is 11.9. The van der Waals surface area contributed by atoms with Crippen molar-refractivity contribution in [2.75, 3.05) is 0 Å². The number of halogens is 3. The minimum absolute atomic E-state index is 0.354. The van der Waals surface area contributed by atoms with Crippen molar-refractivity contribution in [3.8, 4) is 0 Å². The number of amides is 1. The lowest BCUT2D eigenvalue weighted by atomic mass is 10.3. The van der Waals surface area contributed by atoms with Crippen LogP contribution in [0.4, 0.5) is 13.2 Å². The van der Waals surface area contributed by atoms with Crippen LogP contribution in [0.15, 0.2) is 17.3 Å². The maximum atomic E-state index is 12.5. The second kappa shape index (κ2) is 5.64. The number of sulfonamides is 1. The topological polar surface area (TPSA) is 112 Å². The van der Waals surface area contributed by atoms with E-state index in [2.05, 4.69) is 15.4 Å². The summed E-state index contributed by atoms with van der Waals surface area (Å²) in [6, 6.07) is 0.452. The molecule has 13 heteroatoms. The molecule has 0 spiro atoms. The van der Waals surface area contributed by atoms with E-state index in [-0.39, 0.29) is 0 Å². The number of aromatic nitrogens is 5. The number of nitrogens with zero attached hydrogens (tertiary/aromatic N) is 5. The second-order valence-corrected chi connectivity index (χ2v) is 6.01. The van der Waals surface area contributed by atoms with Gasteiger partial charge in [0.05, 0.1) is 6.20 Å². The standard InChI is InChI=1S/C10H11F3N6O3S/c1-3-19-5-8(14-17-19)23(21,22)16-9(20)6-4-7(10(11,12)13)15-18(6)2/h4-5H,3H2,1-2H3,(H,16,20). The molecule has 2 aromatic rings. The summed E-state index contributed by atoms with van der Waals surface area (Å²) < 4.78 is 65.0. The number of hydrogen-bond donors (Lipinski definition) is 1. The number of aryl methyl sites for hydroxylation is 2. The Morgan fingerprint density at radius 3 is 2.52 bits per heavy atom. The van der Waals surface area contributed by atoms with E-state index in [1.165, 1.54) is 4.68 Å². The first-order chi connectivity index (χ1) is 10.5. The van der Waals surface area contributed by atoms with Gasteiger partial charge in [-0.2, -0.15) is 26.7 Å². The third kappa shape index (κ3) is 3.49. The molecule has 23 heavy (non-hydrogen) atoms. The quantitative estimate of drug-likeness (QED) is 0.839. The molecule has 0 saturated heterocycles. The Morgan fingerprint density at radius 1 is 1.39 bits per heavy atom. The lowest BCUT2D eigenvalue weighted by Gasteiger charge is -2.03. The molecule has 2 rings (SSSR count). The average Bonchev–Trinajstić information content (AvgIpc) is 3.03. The number of carbonyl (C=O) groups excluding carboxylic acids is 1. The van der Waals surface area contributed by atoms with E-state index in [1.54, 1.807) is 11.6 Å². The fraction of sp³-hybridized carbons (Fsp3) is 0.400. The molecule has 0 aliphatic heterocycles. The molecule has 9 nitrogen and oxygen atoms in total. The number of alkyl halides is 3. The zero-order chi connectivity index (χ0) is 17.4. The number of nitrogens with one attached hydrogen (secondary N) is 1. The molecule has 126 valence electrons. The van der Waals surface area contributed by atoms with Gasteiger partial charge in [-0.25, -0.2) is 4.72 Å². The van der Waals surface area contributed by atoms with Gasteiger partial charge in [0.1, 0.15) is 5.69 Å². The number of carbonyl (C=O) groups is 1. The van der Waals surface area contributed by atoms with Crippen molar-refractivity contribution in [2.45, 2.75) is 24.7 Å². The van der Waals surface area contributed by atoms with Crippen LogP contribution in [-0.4, -0.2) is 39.1 Å². The molecule has 0 atom stereocenters. The average molecular weight is 352 g/mol. The van der Waals surface area contributed by atoms with Crippen LogP contribution < -0.4 is 4.72 Å². The largest absolute Gasteiger partial charge is 0.435 e. The van der Waals surface area contributed by atoms with Gasteiger partial charge in [0.2, 0.25) is 5.03 Å². The summed E-state index contributed by atoms with van der Waals surface area (Å²) in [6.07, 6.45) is -3.67. The first kappa shape index (κ1) is 16.9. The minimum Gasteiger partial charge on any atom is -0.266 e. The molecule has 0 fully saturated rings. The summed E-state index contributed by atoms with van der Waals surface area (Å²) in [5, 5.41) is 9.49. The summed E-state index contributed by atoms with van der Waals surface area (Å²) in [4.78, 5) is 11.9. The van der Waals surface area contributed by atoms with Gasteiger partial charge in [0, 0.05) is 19.7 Å². The predicted molar refractivity (Wildman–Crippen MR) is 68.6 cm³/mol. The minimum atomic E-state index is -4.75. The van der Waals surface area contributed by atoms with Gasteiger partial charge >= 0.3 is 6.18 Å². The van der Waals surface area contributed by atoms with Crippen molar-refractivity contribution in [2.24, 2.45) is 7.05 Å². The summed E-state index contributed by atoms with van der Waals surface area (Å²) in [6.45, 7) is 2.05. The summed E-state index contributed by atoms with van der Waals surface area (Å²) in [7, 11) is -3.27. The van der Waals surface area contributed by atoms with Crippen LogP contribution in [0, 0.1) is 0 Å². The normalized spacial score (nSPS) is 12.4. The molecule has 0 aliphatic rings. The van der Waals surface area contributed by atoms with Gasteiger partial charge in [0.15, 0.2) is 5.69 Å². The summed E-state index contributed by atoms with van der Waals surface area (Å²) >= 11 is 0. The van der Waals surface area contributed by atoms with Crippen molar-refractivity contribution in [3.63, 3.8) is 0 Å². The van der Waals surface area contributed by atoms with Gasteiger partial charge in [-0.05, 0) is 6.92 Å². The van der Waals surface area contributed by atoms with Gasteiger partial charge in [-0.3, -0.25) is 14.2 Å². The lowest BCUT2D eigenvalue weighted by molar-refractivity contribution is -0.141. The lowest BCUT2D eigenvalue weighted by Crippen LogP contribution is -2.32. The van der Waals surface area contributed by atoms with Gasteiger partial charge in [-0.1, -0.05) is 5.21 Å². The monoisotopic (exact) mass is 352 g/mol. The molecule has 0 bridgehead atoms. The molecule has 2 aromatic heterocycles. The molecule has 0 unspecified atom stereocenters. The molecule has 0 aromatic carbocycles. The summed E-state index contributed by atoms with van der Waals surface area (Å²) in [5.74, 6) is -1.26. The second-order valence-electron chi connectivity index (χ2n) is 4.38. The fourth-order valence-electron chi connectivity index (χ4n) is 1.60. The SMILES string of the molecule is CCn1cc(S(=O)(=O)NC(=O)c2cc(C(F)(F)F)nn2C)nn1. The molecular formula is C10H11F3N6O3S. The highest BCUT2D eigenvalue weighted by molar-refractivity contribution is 7.90. The van der Waals surface area contributed by atoms with E-state index in [0.29, 0.717) is 17.3 Å². The first-order valence-electron chi connectivity index (χ1n) is 6.13. The Balaban J connectivity index is 2.26.